The number of fused-ring (bicyclic) bond motifs is 1. The number of carbonyl (C=O) groups is 1. The summed E-state index contributed by atoms with van der Waals surface area (Å²) in [7, 11) is 0. The first-order chi connectivity index (χ1) is 15.5. The number of H-pyrrole nitrogens is 1. The molecular weight excluding hydrogens is 403 g/mol. The Hall–Kier alpha value is -3.54. The lowest BCUT2D eigenvalue weighted by atomic mass is 9.89. The Bertz CT molecular complexity index is 1310. The molecule has 1 aliphatic heterocycles. The van der Waals surface area contributed by atoms with Gasteiger partial charge >= 0.3 is 0 Å². The molecule has 0 bridgehead atoms. The van der Waals surface area contributed by atoms with E-state index in [2.05, 4.69) is 35.1 Å². The van der Waals surface area contributed by atoms with Crippen molar-refractivity contribution >= 4 is 16.8 Å². The third-order valence-corrected chi connectivity index (χ3v) is 6.18. The van der Waals surface area contributed by atoms with Gasteiger partial charge in [-0.3, -0.25) is 4.79 Å². The number of benzene rings is 2. The van der Waals surface area contributed by atoms with Crippen molar-refractivity contribution in [2.24, 2.45) is 0 Å². The smallest absolute Gasteiger partial charge is 0.270 e. The molecule has 5 nitrogen and oxygen atoms in total. The summed E-state index contributed by atoms with van der Waals surface area (Å²) in [6.45, 7) is 5.27. The van der Waals surface area contributed by atoms with E-state index in [-0.39, 0.29) is 17.6 Å². The van der Waals surface area contributed by atoms with Crippen LogP contribution >= 0.6 is 0 Å². The molecule has 1 saturated heterocycles. The van der Waals surface area contributed by atoms with E-state index in [1.165, 1.54) is 17.7 Å². The number of hydrogen-bond donors (Lipinski definition) is 1. The molecule has 0 unspecified atom stereocenters. The van der Waals surface area contributed by atoms with Crippen LogP contribution in [0.4, 0.5) is 4.39 Å². The van der Waals surface area contributed by atoms with E-state index in [0.29, 0.717) is 24.2 Å². The van der Waals surface area contributed by atoms with E-state index in [9.17, 15) is 9.18 Å². The number of carbonyl (C=O) groups excluding carboxylic acids is 1. The summed E-state index contributed by atoms with van der Waals surface area (Å²) in [5.41, 5.74) is 5.56. The van der Waals surface area contributed by atoms with Crippen molar-refractivity contribution in [3.05, 3.63) is 83.3 Å². The monoisotopic (exact) mass is 428 g/mol. The van der Waals surface area contributed by atoms with Gasteiger partial charge in [-0.2, -0.15) is 0 Å². The zero-order valence-corrected chi connectivity index (χ0v) is 18.2. The van der Waals surface area contributed by atoms with Gasteiger partial charge in [0, 0.05) is 41.7 Å². The molecule has 0 aliphatic carbocycles. The predicted molar refractivity (Wildman–Crippen MR) is 123 cm³/mol. The molecule has 0 spiro atoms. The standard InChI is InChI=1S/C26H25FN4O/c1-16-5-3-6-18(11-16)22-14-28-17(2)29-25(22)19-7-4-10-31(15-19)26(32)24-13-20-12-21(27)8-9-23(20)30-24/h3,5-6,8-9,11-14,19,30H,4,7,10,15H2,1-2H3/t19-/m0/s1. The lowest BCUT2D eigenvalue weighted by molar-refractivity contribution is 0.0701. The van der Waals surface area contributed by atoms with Gasteiger partial charge in [0.2, 0.25) is 0 Å². The second-order valence-electron chi connectivity index (χ2n) is 8.59. The Labute approximate surface area is 186 Å². The van der Waals surface area contributed by atoms with Gasteiger partial charge in [-0.25, -0.2) is 14.4 Å². The fraction of sp³-hybridized carbons (Fsp3) is 0.269. The van der Waals surface area contributed by atoms with Crippen LogP contribution in [0.1, 0.15) is 46.3 Å². The fourth-order valence-electron chi connectivity index (χ4n) is 4.61. The summed E-state index contributed by atoms with van der Waals surface area (Å²) >= 11 is 0. The van der Waals surface area contributed by atoms with Gasteiger partial charge < -0.3 is 9.88 Å². The van der Waals surface area contributed by atoms with Crippen LogP contribution in [0.3, 0.4) is 0 Å². The van der Waals surface area contributed by atoms with Crippen molar-refractivity contribution in [1.29, 1.82) is 0 Å². The number of aryl methyl sites for hydroxylation is 2. The van der Waals surface area contributed by atoms with Crippen LogP contribution in [0.15, 0.2) is 54.7 Å². The number of hydrogen-bond acceptors (Lipinski definition) is 3. The molecule has 2 aromatic heterocycles. The fourth-order valence-corrected chi connectivity index (χ4v) is 4.61. The van der Waals surface area contributed by atoms with Crippen LogP contribution in [0.25, 0.3) is 22.0 Å². The molecule has 5 rings (SSSR count). The number of piperidine rings is 1. The molecule has 2 aromatic carbocycles. The highest BCUT2D eigenvalue weighted by Crippen LogP contribution is 2.34. The van der Waals surface area contributed by atoms with Crippen molar-refractivity contribution in [1.82, 2.24) is 19.9 Å². The minimum atomic E-state index is -0.309. The maximum absolute atomic E-state index is 13.6. The topological polar surface area (TPSA) is 61.9 Å². The number of rotatable bonds is 3. The zero-order valence-electron chi connectivity index (χ0n) is 18.2. The van der Waals surface area contributed by atoms with Gasteiger partial charge in [-0.15, -0.1) is 0 Å². The molecule has 0 saturated carbocycles. The van der Waals surface area contributed by atoms with Crippen LogP contribution in [0, 0.1) is 19.7 Å². The quantitative estimate of drug-likeness (QED) is 0.475. The molecule has 1 atom stereocenters. The van der Waals surface area contributed by atoms with Gasteiger partial charge in [0.15, 0.2) is 0 Å². The van der Waals surface area contributed by atoms with Crippen LogP contribution < -0.4 is 0 Å². The summed E-state index contributed by atoms with van der Waals surface area (Å²) in [5, 5.41) is 0.704. The molecule has 1 amide bonds. The maximum atomic E-state index is 13.6. The van der Waals surface area contributed by atoms with E-state index >= 15 is 0 Å². The highest BCUT2D eigenvalue weighted by Gasteiger charge is 2.29. The molecule has 1 aliphatic rings. The Kier molecular flexibility index (Phi) is 5.21. The molecule has 1 N–H and O–H groups in total. The predicted octanol–water partition coefficient (Wildman–Crippen LogP) is 5.40. The van der Waals surface area contributed by atoms with Gasteiger partial charge in [-0.05, 0) is 56.5 Å². The van der Waals surface area contributed by atoms with Crippen LogP contribution in [0.5, 0.6) is 0 Å². The lowest BCUT2D eigenvalue weighted by Crippen LogP contribution is -2.39. The number of amides is 1. The van der Waals surface area contributed by atoms with E-state index < -0.39 is 0 Å². The Morgan fingerprint density at radius 1 is 1.16 bits per heavy atom. The first-order valence-corrected chi connectivity index (χ1v) is 11.0. The highest BCUT2D eigenvalue weighted by atomic mass is 19.1. The van der Waals surface area contributed by atoms with Gasteiger partial charge in [-0.1, -0.05) is 29.8 Å². The number of nitrogens with one attached hydrogen (secondary N) is 1. The summed E-state index contributed by atoms with van der Waals surface area (Å²) in [4.78, 5) is 27.6. The average molecular weight is 429 g/mol. The third-order valence-electron chi connectivity index (χ3n) is 6.18. The van der Waals surface area contributed by atoms with Gasteiger partial charge in [0.1, 0.15) is 17.3 Å². The summed E-state index contributed by atoms with van der Waals surface area (Å²) in [6, 6.07) is 14.6. The van der Waals surface area contributed by atoms with Crippen molar-refractivity contribution in [2.45, 2.75) is 32.6 Å². The van der Waals surface area contributed by atoms with Crippen molar-refractivity contribution in [3.63, 3.8) is 0 Å². The van der Waals surface area contributed by atoms with Crippen molar-refractivity contribution in [3.8, 4) is 11.1 Å². The molecule has 4 aromatic rings. The summed E-state index contributed by atoms with van der Waals surface area (Å²) < 4.78 is 13.6. The lowest BCUT2D eigenvalue weighted by Gasteiger charge is -2.33. The number of aromatic nitrogens is 3. The number of aromatic amines is 1. The molecule has 162 valence electrons. The van der Waals surface area contributed by atoms with Gasteiger partial charge in [0.25, 0.3) is 5.91 Å². The number of halogens is 1. The average Bonchev–Trinajstić information content (AvgIpc) is 3.22. The third kappa shape index (κ3) is 3.88. The van der Waals surface area contributed by atoms with E-state index in [4.69, 9.17) is 4.98 Å². The maximum Gasteiger partial charge on any atom is 0.270 e. The second kappa shape index (κ2) is 8.19. The van der Waals surface area contributed by atoms with Crippen LogP contribution in [-0.4, -0.2) is 38.8 Å². The molecule has 6 heteroatoms. The summed E-state index contributed by atoms with van der Waals surface area (Å²) in [6.07, 6.45) is 3.78. The first-order valence-electron chi connectivity index (χ1n) is 11.0. The van der Waals surface area contributed by atoms with E-state index in [1.807, 2.05) is 24.1 Å². The Balaban J connectivity index is 1.45. The van der Waals surface area contributed by atoms with Crippen LogP contribution in [0.2, 0.25) is 0 Å². The highest BCUT2D eigenvalue weighted by molar-refractivity contribution is 5.98. The van der Waals surface area contributed by atoms with Crippen LogP contribution in [-0.2, 0) is 0 Å². The summed E-state index contributed by atoms with van der Waals surface area (Å²) in [5.74, 6) is 0.495. The molecular formula is C26H25FN4O. The SMILES string of the molecule is Cc1cccc(-c2cnc(C)nc2[C@H]2CCCN(C(=O)c3cc4cc(F)ccc4[nH]3)C2)c1. The normalized spacial score (nSPS) is 16.5. The molecule has 32 heavy (non-hydrogen) atoms. The van der Waals surface area contributed by atoms with E-state index in [0.717, 1.165) is 41.0 Å². The number of likely N-dealkylation sites (tertiary alicyclic amines) is 1. The Morgan fingerprint density at radius 3 is 2.88 bits per heavy atom. The minimum Gasteiger partial charge on any atom is -0.351 e. The molecule has 0 radical (unpaired) electrons. The van der Waals surface area contributed by atoms with Gasteiger partial charge in [0.05, 0.1) is 5.69 Å². The first kappa shape index (κ1) is 20.4. The minimum absolute atomic E-state index is 0.0609. The van der Waals surface area contributed by atoms with Crippen molar-refractivity contribution < 1.29 is 9.18 Å². The molecule has 3 heterocycles. The molecule has 1 fully saturated rings. The Morgan fingerprint density at radius 2 is 2.03 bits per heavy atom. The number of nitrogens with zero attached hydrogens (tertiary/aromatic N) is 3. The second-order valence-corrected chi connectivity index (χ2v) is 8.59. The zero-order chi connectivity index (χ0) is 22.2. The van der Waals surface area contributed by atoms with E-state index in [1.54, 1.807) is 12.1 Å². The van der Waals surface area contributed by atoms with Crippen molar-refractivity contribution in [2.75, 3.05) is 13.1 Å². The largest absolute Gasteiger partial charge is 0.351 e.